The average Bonchev–Trinajstić information content (AvgIpc) is 2.29. The van der Waals surface area contributed by atoms with Crippen LogP contribution < -0.4 is 0 Å². The van der Waals surface area contributed by atoms with Gasteiger partial charge in [0.05, 0.1) is 5.41 Å². The Labute approximate surface area is 79.3 Å². The van der Waals surface area contributed by atoms with Crippen molar-refractivity contribution in [3.05, 3.63) is 0 Å². The molecule has 0 amide bonds. The minimum atomic E-state index is -0.526. The molecule has 2 fully saturated rings. The van der Waals surface area contributed by atoms with Crippen molar-refractivity contribution in [1.29, 1.82) is 0 Å². The van der Waals surface area contributed by atoms with Gasteiger partial charge in [-0.05, 0) is 43.9 Å². The van der Waals surface area contributed by atoms with Crippen LogP contribution in [-0.4, -0.2) is 11.1 Å². The van der Waals surface area contributed by atoms with E-state index in [0.717, 1.165) is 32.1 Å². The molecule has 2 unspecified atom stereocenters. The lowest BCUT2D eigenvalue weighted by molar-refractivity contribution is -0.154. The van der Waals surface area contributed by atoms with Gasteiger partial charge in [0.1, 0.15) is 0 Å². The molecule has 0 aliphatic heterocycles. The first kappa shape index (κ1) is 9.04. The Kier molecular flexibility index (Phi) is 2.09. The zero-order chi connectivity index (χ0) is 9.47. The monoisotopic (exact) mass is 182 g/mol. The molecule has 0 aromatic carbocycles. The molecule has 2 heteroatoms. The van der Waals surface area contributed by atoms with E-state index in [-0.39, 0.29) is 5.41 Å². The van der Waals surface area contributed by atoms with E-state index in [2.05, 4.69) is 6.92 Å². The number of hydrogen-bond acceptors (Lipinski definition) is 1. The average molecular weight is 182 g/mol. The van der Waals surface area contributed by atoms with E-state index in [0.29, 0.717) is 11.8 Å². The topological polar surface area (TPSA) is 37.3 Å². The summed E-state index contributed by atoms with van der Waals surface area (Å²) >= 11 is 0. The number of hydrogen-bond donors (Lipinski definition) is 1. The van der Waals surface area contributed by atoms with Gasteiger partial charge in [-0.3, -0.25) is 4.79 Å². The molecule has 13 heavy (non-hydrogen) atoms. The maximum atomic E-state index is 11.3. The van der Waals surface area contributed by atoms with Gasteiger partial charge in [0.25, 0.3) is 0 Å². The van der Waals surface area contributed by atoms with Crippen molar-refractivity contribution in [2.24, 2.45) is 17.3 Å². The molecule has 2 rings (SSSR count). The first-order valence-electron chi connectivity index (χ1n) is 5.38. The lowest BCUT2D eigenvalue weighted by Crippen LogP contribution is -2.40. The summed E-state index contributed by atoms with van der Waals surface area (Å²) in [6, 6.07) is 0. The molecule has 1 N–H and O–H groups in total. The zero-order valence-corrected chi connectivity index (χ0v) is 8.25. The van der Waals surface area contributed by atoms with Gasteiger partial charge in [-0.2, -0.15) is 0 Å². The Morgan fingerprint density at radius 2 is 2.08 bits per heavy atom. The summed E-state index contributed by atoms with van der Waals surface area (Å²) in [6.45, 7) is 2.18. The third-order valence-electron chi connectivity index (χ3n) is 4.11. The van der Waals surface area contributed by atoms with Gasteiger partial charge >= 0.3 is 5.97 Å². The van der Waals surface area contributed by atoms with Crippen molar-refractivity contribution in [3.8, 4) is 0 Å². The maximum absolute atomic E-state index is 11.3. The molecule has 2 aliphatic rings. The summed E-state index contributed by atoms with van der Waals surface area (Å²) in [5.41, 5.74) is -0.322. The van der Waals surface area contributed by atoms with Crippen LogP contribution in [0.15, 0.2) is 0 Å². The van der Waals surface area contributed by atoms with E-state index in [9.17, 15) is 9.90 Å². The fraction of sp³-hybridized carbons (Fsp3) is 0.909. The van der Waals surface area contributed by atoms with Crippen LogP contribution in [0.5, 0.6) is 0 Å². The third-order valence-corrected chi connectivity index (χ3v) is 4.11. The SMILES string of the molecule is CC1CCC(C(=O)O)(C2CCC2)C1. The molecule has 2 atom stereocenters. The molecule has 0 bridgehead atoms. The second-order valence-electron chi connectivity index (χ2n) is 4.94. The highest BCUT2D eigenvalue weighted by molar-refractivity contribution is 5.75. The summed E-state index contributed by atoms with van der Waals surface area (Å²) in [6.07, 6.45) is 6.51. The number of carboxylic acids is 1. The van der Waals surface area contributed by atoms with Crippen molar-refractivity contribution in [2.75, 3.05) is 0 Å². The fourth-order valence-electron chi connectivity index (χ4n) is 3.03. The van der Waals surface area contributed by atoms with Crippen LogP contribution >= 0.6 is 0 Å². The maximum Gasteiger partial charge on any atom is 0.309 e. The molecule has 0 aromatic rings. The van der Waals surface area contributed by atoms with Crippen molar-refractivity contribution < 1.29 is 9.90 Å². The Hall–Kier alpha value is -0.530. The summed E-state index contributed by atoms with van der Waals surface area (Å²) in [5, 5.41) is 9.32. The molecule has 2 nitrogen and oxygen atoms in total. The summed E-state index contributed by atoms with van der Waals surface area (Å²) in [5.74, 6) is 0.591. The fourth-order valence-corrected chi connectivity index (χ4v) is 3.03. The summed E-state index contributed by atoms with van der Waals surface area (Å²) < 4.78 is 0. The van der Waals surface area contributed by atoms with Crippen LogP contribution in [0, 0.1) is 17.3 Å². The second-order valence-corrected chi connectivity index (χ2v) is 4.94. The molecule has 0 radical (unpaired) electrons. The Morgan fingerprint density at radius 1 is 1.38 bits per heavy atom. The standard InChI is InChI=1S/C11H18O2/c1-8-5-6-11(7-8,10(12)13)9-3-2-4-9/h8-9H,2-7H2,1H3,(H,12,13). The van der Waals surface area contributed by atoms with E-state index >= 15 is 0 Å². The number of carboxylic acid groups (broad SMARTS) is 1. The van der Waals surface area contributed by atoms with Gasteiger partial charge in [-0.25, -0.2) is 0 Å². The van der Waals surface area contributed by atoms with Crippen LogP contribution in [0.1, 0.15) is 45.4 Å². The predicted octanol–water partition coefficient (Wildman–Crippen LogP) is 2.68. The van der Waals surface area contributed by atoms with Crippen LogP contribution in [0.2, 0.25) is 0 Å². The highest BCUT2D eigenvalue weighted by Gasteiger charge is 2.51. The second kappa shape index (κ2) is 3.00. The van der Waals surface area contributed by atoms with Gasteiger partial charge in [0.15, 0.2) is 0 Å². The first-order valence-corrected chi connectivity index (χ1v) is 5.38. The minimum absolute atomic E-state index is 0.322. The van der Waals surface area contributed by atoms with E-state index in [4.69, 9.17) is 0 Å². The van der Waals surface area contributed by atoms with Crippen LogP contribution in [-0.2, 0) is 4.79 Å². The Morgan fingerprint density at radius 3 is 2.38 bits per heavy atom. The molecule has 2 saturated carbocycles. The summed E-state index contributed by atoms with van der Waals surface area (Å²) in [4.78, 5) is 11.3. The minimum Gasteiger partial charge on any atom is -0.481 e. The molecular formula is C11H18O2. The quantitative estimate of drug-likeness (QED) is 0.713. The normalized spacial score (nSPS) is 40.2. The van der Waals surface area contributed by atoms with E-state index < -0.39 is 5.97 Å². The molecule has 0 saturated heterocycles. The highest BCUT2D eigenvalue weighted by Crippen LogP contribution is 2.53. The molecule has 0 aromatic heterocycles. The lowest BCUT2D eigenvalue weighted by atomic mass is 9.64. The van der Waals surface area contributed by atoms with Crippen molar-refractivity contribution in [1.82, 2.24) is 0 Å². The van der Waals surface area contributed by atoms with E-state index in [1.165, 1.54) is 6.42 Å². The molecule has 0 spiro atoms. The highest BCUT2D eigenvalue weighted by atomic mass is 16.4. The van der Waals surface area contributed by atoms with Gasteiger partial charge in [0, 0.05) is 0 Å². The Balaban J connectivity index is 2.15. The van der Waals surface area contributed by atoms with Crippen LogP contribution in [0.4, 0.5) is 0 Å². The third kappa shape index (κ3) is 1.27. The molecule has 74 valence electrons. The van der Waals surface area contributed by atoms with Crippen molar-refractivity contribution >= 4 is 5.97 Å². The molecule has 0 heterocycles. The van der Waals surface area contributed by atoms with E-state index in [1.807, 2.05) is 0 Å². The largest absolute Gasteiger partial charge is 0.481 e. The van der Waals surface area contributed by atoms with Crippen molar-refractivity contribution in [3.63, 3.8) is 0 Å². The molecule has 2 aliphatic carbocycles. The smallest absolute Gasteiger partial charge is 0.309 e. The summed E-state index contributed by atoms with van der Waals surface area (Å²) in [7, 11) is 0. The molecular weight excluding hydrogens is 164 g/mol. The number of rotatable bonds is 2. The van der Waals surface area contributed by atoms with Gasteiger partial charge in [0.2, 0.25) is 0 Å². The van der Waals surface area contributed by atoms with Gasteiger partial charge in [-0.15, -0.1) is 0 Å². The van der Waals surface area contributed by atoms with Gasteiger partial charge in [-0.1, -0.05) is 13.3 Å². The first-order chi connectivity index (χ1) is 6.15. The van der Waals surface area contributed by atoms with Crippen molar-refractivity contribution in [2.45, 2.75) is 45.4 Å². The zero-order valence-electron chi connectivity index (χ0n) is 8.25. The van der Waals surface area contributed by atoms with Crippen LogP contribution in [0.3, 0.4) is 0 Å². The number of carbonyl (C=O) groups is 1. The lowest BCUT2D eigenvalue weighted by Gasteiger charge is -2.39. The van der Waals surface area contributed by atoms with Gasteiger partial charge < -0.3 is 5.11 Å². The number of aliphatic carboxylic acids is 1. The van der Waals surface area contributed by atoms with Crippen LogP contribution in [0.25, 0.3) is 0 Å². The predicted molar refractivity (Wildman–Crippen MR) is 50.4 cm³/mol. The van der Waals surface area contributed by atoms with E-state index in [1.54, 1.807) is 0 Å². The Bertz CT molecular complexity index is 220.